The summed E-state index contributed by atoms with van der Waals surface area (Å²) in [5, 5.41) is 1.01. The second kappa shape index (κ2) is 3.57. The third-order valence-corrected chi connectivity index (χ3v) is 3.84. The smallest absolute Gasteiger partial charge is 0.0340 e. The van der Waals surface area contributed by atoms with Crippen LogP contribution in [0, 0.1) is 5.92 Å². The molecule has 1 unspecified atom stereocenters. The van der Waals surface area contributed by atoms with Crippen molar-refractivity contribution in [3.63, 3.8) is 0 Å². The molecular weight excluding hydrogens is 244 g/mol. The Kier molecular flexibility index (Phi) is 2.99. The van der Waals surface area contributed by atoms with Crippen molar-refractivity contribution in [2.45, 2.75) is 4.83 Å². The zero-order valence-electron chi connectivity index (χ0n) is 4.93. The summed E-state index contributed by atoms with van der Waals surface area (Å²) in [6.45, 7) is 0. The monoisotopic (exact) mass is 250 g/mol. The van der Waals surface area contributed by atoms with Gasteiger partial charge in [-0.3, -0.25) is 0 Å². The Bertz CT molecular complexity index is 126. The molecule has 0 aromatic carbocycles. The molecule has 0 aromatic rings. The van der Waals surface area contributed by atoms with Crippen LogP contribution >= 0.6 is 31.9 Å². The van der Waals surface area contributed by atoms with E-state index in [1.54, 1.807) is 0 Å². The van der Waals surface area contributed by atoms with Gasteiger partial charge in [-0.25, -0.2) is 0 Å². The topological polar surface area (TPSA) is 0 Å². The van der Waals surface area contributed by atoms with Crippen LogP contribution in [0.1, 0.15) is 0 Å². The zero-order chi connectivity index (χ0) is 6.69. The van der Waals surface area contributed by atoms with Crippen molar-refractivity contribution in [3.05, 3.63) is 24.3 Å². The van der Waals surface area contributed by atoms with E-state index in [4.69, 9.17) is 0 Å². The summed E-state index contributed by atoms with van der Waals surface area (Å²) >= 11 is 6.96. The van der Waals surface area contributed by atoms with E-state index in [0.717, 1.165) is 5.33 Å². The molecule has 0 saturated heterocycles. The van der Waals surface area contributed by atoms with E-state index >= 15 is 0 Å². The van der Waals surface area contributed by atoms with Crippen molar-refractivity contribution in [2.75, 3.05) is 5.33 Å². The molecular formula is C7H8Br2. The Balaban J connectivity index is 2.43. The van der Waals surface area contributed by atoms with Crippen LogP contribution in [0.15, 0.2) is 24.3 Å². The molecule has 9 heavy (non-hydrogen) atoms. The lowest BCUT2D eigenvalue weighted by molar-refractivity contribution is 0.831. The standard InChI is InChI=1S/C7H8Br2/c8-5-7(9)6-3-1-2-4-6/h1-4,6-7H,5H2. The molecule has 0 nitrogen and oxygen atoms in total. The summed E-state index contributed by atoms with van der Waals surface area (Å²) in [6.07, 6.45) is 8.56. The van der Waals surface area contributed by atoms with Gasteiger partial charge in [-0.05, 0) is 0 Å². The maximum absolute atomic E-state index is 3.55. The van der Waals surface area contributed by atoms with Gasteiger partial charge in [-0.2, -0.15) is 0 Å². The minimum absolute atomic E-state index is 0.549. The minimum atomic E-state index is 0.549. The quantitative estimate of drug-likeness (QED) is 0.663. The molecule has 0 aromatic heterocycles. The van der Waals surface area contributed by atoms with Gasteiger partial charge in [-0.1, -0.05) is 56.2 Å². The first-order chi connectivity index (χ1) is 4.34. The third kappa shape index (κ3) is 1.94. The van der Waals surface area contributed by atoms with Crippen molar-refractivity contribution in [1.29, 1.82) is 0 Å². The molecule has 1 atom stereocenters. The lowest BCUT2D eigenvalue weighted by Crippen LogP contribution is -2.08. The molecule has 1 aliphatic rings. The van der Waals surface area contributed by atoms with Gasteiger partial charge < -0.3 is 0 Å². The summed E-state index contributed by atoms with van der Waals surface area (Å²) in [4.78, 5) is 0.549. The van der Waals surface area contributed by atoms with Crippen molar-refractivity contribution >= 4 is 31.9 Å². The predicted octanol–water partition coefficient (Wildman–Crippen LogP) is 2.89. The maximum Gasteiger partial charge on any atom is 0.0340 e. The number of hydrogen-bond donors (Lipinski definition) is 0. The highest BCUT2D eigenvalue weighted by molar-refractivity contribution is 9.12. The predicted molar refractivity (Wildman–Crippen MR) is 48.3 cm³/mol. The highest BCUT2D eigenvalue weighted by atomic mass is 79.9. The van der Waals surface area contributed by atoms with E-state index in [-0.39, 0.29) is 0 Å². The molecule has 0 aliphatic heterocycles. The molecule has 1 rings (SSSR count). The normalized spacial score (nSPS) is 21.1. The highest BCUT2D eigenvalue weighted by Gasteiger charge is 2.12. The zero-order valence-corrected chi connectivity index (χ0v) is 8.10. The molecule has 0 fully saturated rings. The van der Waals surface area contributed by atoms with Crippen LogP contribution in [0.25, 0.3) is 0 Å². The number of rotatable bonds is 2. The average Bonchev–Trinajstić information content (AvgIpc) is 2.37. The third-order valence-electron chi connectivity index (χ3n) is 1.34. The first-order valence-corrected chi connectivity index (χ1v) is 4.93. The van der Waals surface area contributed by atoms with Crippen LogP contribution in [0.3, 0.4) is 0 Å². The minimum Gasteiger partial charge on any atom is -0.0916 e. The lowest BCUT2D eigenvalue weighted by Gasteiger charge is -2.08. The molecule has 0 bridgehead atoms. The van der Waals surface area contributed by atoms with Gasteiger partial charge in [0, 0.05) is 16.1 Å². The van der Waals surface area contributed by atoms with Crippen molar-refractivity contribution in [2.24, 2.45) is 5.92 Å². The van der Waals surface area contributed by atoms with E-state index in [0.29, 0.717) is 10.7 Å². The second-order valence-corrected chi connectivity index (χ2v) is 3.84. The SMILES string of the molecule is BrCC(Br)C1C=CC=C1. The van der Waals surface area contributed by atoms with Crippen molar-refractivity contribution in [1.82, 2.24) is 0 Å². The molecule has 0 radical (unpaired) electrons. The largest absolute Gasteiger partial charge is 0.0916 e. The first-order valence-electron chi connectivity index (χ1n) is 2.89. The molecule has 2 heteroatoms. The number of halogens is 2. The van der Waals surface area contributed by atoms with Crippen LogP contribution in [-0.2, 0) is 0 Å². The van der Waals surface area contributed by atoms with Crippen LogP contribution in [-0.4, -0.2) is 10.2 Å². The van der Waals surface area contributed by atoms with Crippen molar-refractivity contribution in [3.8, 4) is 0 Å². The van der Waals surface area contributed by atoms with Crippen LogP contribution in [0.4, 0.5) is 0 Å². The molecule has 0 saturated carbocycles. The lowest BCUT2D eigenvalue weighted by atomic mass is 10.1. The summed E-state index contributed by atoms with van der Waals surface area (Å²) in [5.74, 6) is 0.587. The summed E-state index contributed by atoms with van der Waals surface area (Å²) in [7, 11) is 0. The van der Waals surface area contributed by atoms with Crippen molar-refractivity contribution < 1.29 is 0 Å². The van der Waals surface area contributed by atoms with E-state index in [1.807, 2.05) is 0 Å². The molecule has 0 N–H and O–H groups in total. The highest BCUT2D eigenvalue weighted by Crippen LogP contribution is 2.21. The Labute approximate surface area is 72.3 Å². The van der Waals surface area contributed by atoms with E-state index < -0.39 is 0 Å². The van der Waals surface area contributed by atoms with E-state index in [1.165, 1.54) is 0 Å². The number of hydrogen-bond acceptors (Lipinski definition) is 0. The van der Waals surface area contributed by atoms with Gasteiger partial charge in [0.25, 0.3) is 0 Å². The van der Waals surface area contributed by atoms with Gasteiger partial charge in [0.05, 0.1) is 0 Å². The Hall–Kier alpha value is 0.440. The number of allylic oxidation sites excluding steroid dienone is 4. The van der Waals surface area contributed by atoms with Gasteiger partial charge >= 0.3 is 0 Å². The van der Waals surface area contributed by atoms with Gasteiger partial charge in [0.15, 0.2) is 0 Å². The first kappa shape index (κ1) is 7.55. The summed E-state index contributed by atoms with van der Waals surface area (Å²) in [6, 6.07) is 0. The van der Waals surface area contributed by atoms with Gasteiger partial charge in [0.1, 0.15) is 0 Å². The molecule has 0 heterocycles. The Morgan fingerprint density at radius 1 is 1.33 bits per heavy atom. The Morgan fingerprint density at radius 2 is 1.89 bits per heavy atom. The average molecular weight is 252 g/mol. The maximum atomic E-state index is 3.55. The second-order valence-electron chi connectivity index (χ2n) is 2.02. The van der Waals surface area contributed by atoms with Gasteiger partial charge in [-0.15, -0.1) is 0 Å². The fourth-order valence-corrected chi connectivity index (χ4v) is 1.58. The number of alkyl halides is 2. The fraction of sp³-hybridized carbons (Fsp3) is 0.429. The van der Waals surface area contributed by atoms with Gasteiger partial charge in [0.2, 0.25) is 0 Å². The molecule has 0 spiro atoms. The fourth-order valence-electron chi connectivity index (χ4n) is 0.793. The van der Waals surface area contributed by atoms with Crippen LogP contribution in [0.2, 0.25) is 0 Å². The molecule has 50 valence electrons. The molecule has 0 amide bonds. The summed E-state index contributed by atoms with van der Waals surface area (Å²) < 4.78 is 0. The van der Waals surface area contributed by atoms with E-state index in [2.05, 4.69) is 56.2 Å². The van der Waals surface area contributed by atoms with E-state index in [9.17, 15) is 0 Å². The Morgan fingerprint density at radius 3 is 2.33 bits per heavy atom. The molecule has 1 aliphatic carbocycles. The van der Waals surface area contributed by atoms with Crippen LogP contribution in [0.5, 0.6) is 0 Å². The van der Waals surface area contributed by atoms with Crippen LogP contribution < -0.4 is 0 Å². The summed E-state index contributed by atoms with van der Waals surface area (Å²) in [5.41, 5.74) is 0.